The van der Waals surface area contributed by atoms with Crippen LogP contribution in [0.3, 0.4) is 0 Å². The number of carbonyl (C=O) groups is 1. The van der Waals surface area contributed by atoms with E-state index in [0.717, 1.165) is 11.3 Å². The van der Waals surface area contributed by atoms with Gasteiger partial charge in [0, 0.05) is 29.6 Å². The summed E-state index contributed by atoms with van der Waals surface area (Å²) in [6.07, 6.45) is 2.24. The van der Waals surface area contributed by atoms with Gasteiger partial charge in [0.1, 0.15) is 0 Å². The van der Waals surface area contributed by atoms with E-state index in [4.69, 9.17) is 0 Å². The first-order chi connectivity index (χ1) is 14.5. The van der Waals surface area contributed by atoms with Gasteiger partial charge in [-0.2, -0.15) is 0 Å². The van der Waals surface area contributed by atoms with Gasteiger partial charge in [-0.05, 0) is 24.6 Å². The van der Waals surface area contributed by atoms with Gasteiger partial charge in [0.05, 0.1) is 17.1 Å². The van der Waals surface area contributed by atoms with Crippen molar-refractivity contribution in [2.45, 2.75) is 6.42 Å². The highest BCUT2D eigenvalue weighted by Gasteiger charge is 2.29. The number of thiazole rings is 1. The molecule has 0 saturated carbocycles. The van der Waals surface area contributed by atoms with Crippen molar-refractivity contribution in [2.75, 3.05) is 28.0 Å². The van der Waals surface area contributed by atoms with E-state index in [9.17, 15) is 13.2 Å². The summed E-state index contributed by atoms with van der Waals surface area (Å²) in [5, 5.41) is 2.49. The fraction of sp³-hybridized carbons (Fsp3) is 0.182. The number of sulfonamides is 1. The molecular formula is C22H21N3O3S2. The first-order valence-electron chi connectivity index (χ1n) is 9.54. The van der Waals surface area contributed by atoms with E-state index in [0.29, 0.717) is 35.9 Å². The molecular weight excluding hydrogens is 418 g/mol. The van der Waals surface area contributed by atoms with Gasteiger partial charge in [0.25, 0.3) is 5.91 Å². The van der Waals surface area contributed by atoms with E-state index in [-0.39, 0.29) is 11.7 Å². The molecule has 1 aliphatic heterocycles. The first-order valence-corrected chi connectivity index (χ1v) is 12.0. The monoisotopic (exact) mass is 439 g/mol. The molecule has 0 atom stereocenters. The number of aromatic nitrogens is 1. The molecule has 0 N–H and O–H groups in total. The van der Waals surface area contributed by atoms with Crippen LogP contribution in [0.25, 0.3) is 11.3 Å². The van der Waals surface area contributed by atoms with Gasteiger partial charge >= 0.3 is 0 Å². The van der Waals surface area contributed by atoms with Crippen molar-refractivity contribution in [2.24, 2.45) is 0 Å². The van der Waals surface area contributed by atoms with Crippen LogP contribution in [0.15, 0.2) is 72.6 Å². The van der Waals surface area contributed by atoms with Crippen molar-refractivity contribution in [3.8, 4) is 11.3 Å². The summed E-state index contributed by atoms with van der Waals surface area (Å²) in [4.78, 5) is 19.5. The molecule has 0 radical (unpaired) electrons. The fourth-order valence-corrected chi connectivity index (χ4v) is 5.78. The van der Waals surface area contributed by atoms with Crippen molar-refractivity contribution >= 4 is 38.1 Å². The Morgan fingerprint density at radius 3 is 2.70 bits per heavy atom. The van der Waals surface area contributed by atoms with E-state index in [1.807, 2.05) is 35.7 Å². The molecule has 6 nitrogen and oxygen atoms in total. The third kappa shape index (κ3) is 4.01. The summed E-state index contributed by atoms with van der Waals surface area (Å²) in [6, 6.07) is 16.5. The Hall–Kier alpha value is -2.97. The maximum absolute atomic E-state index is 13.3. The lowest BCUT2D eigenvalue weighted by molar-refractivity contribution is 0.0989. The van der Waals surface area contributed by atoms with Crippen LogP contribution in [-0.2, 0) is 10.0 Å². The second-order valence-corrected chi connectivity index (χ2v) is 9.73. The average Bonchev–Trinajstić information content (AvgIpc) is 3.38. The second kappa shape index (κ2) is 8.41. The summed E-state index contributed by atoms with van der Waals surface area (Å²) in [7, 11) is -3.31. The highest BCUT2D eigenvalue weighted by atomic mass is 32.2. The molecule has 30 heavy (non-hydrogen) atoms. The number of nitrogens with zero attached hydrogens (tertiary/aromatic N) is 3. The molecule has 0 aliphatic carbocycles. The minimum absolute atomic E-state index is 0.134. The first kappa shape index (κ1) is 20.3. The van der Waals surface area contributed by atoms with Gasteiger partial charge in [-0.1, -0.05) is 42.5 Å². The summed E-state index contributed by atoms with van der Waals surface area (Å²) in [6.45, 7) is 4.49. The van der Waals surface area contributed by atoms with Crippen LogP contribution < -0.4 is 9.21 Å². The van der Waals surface area contributed by atoms with Gasteiger partial charge in [-0.3, -0.25) is 14.0 Å². The SMILES string of the molecule is C=CCN(C(=O)c1cccc(N2CCCS2(=O)=O)c1)c1nc(-c2ccccc2)cs1. The molecule has 3 aromatic rings. The van der Waals surface area contributed by atoms with Crippen molar-refractivity contribution in [1.82, 2.24) is 4.98 Å². The number of carbonyl (C=O) groups excluding carboxylic acids is 1. The third-order valence-corrected chi connectivity index (χ3v) is 7.56. The fourth-order valence-electron chi connectivity index (χ4n) is 3.39. The van der Waals surface area contributed by atoms with Gasteiger partial charge in [-0.15, -0.1) is 17.9 Å². The Bertz CT molecular complexity index is 1170. The third-order valence-electron chi connectivity index (χ3n) is 4.83. The van der Waals surface area contributed by atoms with Gasteiger partial charge in [0.2, 0.25) is 10.0 Å². The van der Waals surface area contributed by atoms with E-state index < -0.39 is 10.0 Å². The lowest BCUT2D eigenvalue weighted by Crippen LogP contribution is -2.31. The van der Waals surface area contributed by atoms with Crippen LogP contribution in [0.2, 0.25) is 0 Å². The van der Waals surface area contributed by atoms with E-state index >= 15 is 0 Å². The lowest BCUT2D eigenvalue weighted by atomic mass is 10.1. The number of benzene rings is 2. The number of anilines is 2. The zero-order chi connectivity index (χ0) is 21.1. The zero-order valence-electron chi connectivity index (χ0n) is 16.3. The van der Waals surface area contributed by atoms with E-state index in [2.05, 4.69) is 11.6 Å². The van der Waals surface area contributed by atoms with Gasteiger partial charge < -0.3 is 0 Å². The highest BCUT2D eigenvalue weighted by Crippen LogP contribution is 2.30. The Morgan fingerprint density at radius 2 is 2.00 bits per heavy atom. The topological polar surface area (TPSA) is 70.6 Å². The van der Waals surface area contributed by atoms with Crippen LogP contribution in [0.4, 0.5) is 10.8 Å². The molecule has 2 heterocycles. The average molecular weight is 440 g/mol. The maximum atomic E-state index is 13.3. The Kier molecular flexibility index (Phi) is 5.69. The molecule has 1 fully saturated rings. The predicted molar refractivity (Wildman–Crippen MR) is 122 cm³/mol. The second-order valence-electron chi connectivity index (χ2n) is 6.88. The van der Waals surface area contributed by atoms with Crippen LogP contribution in [-0.4, -0.2) is 38.2 Å². The molecule has 1 aliphatic rings. The maximum Gasteiger partial charge on any atom is 0.260 e. The number of amides is 1. The number of rotatable bonds is 6. The summed E-state index contributed by atoms with van der Waals surface area (Å²) < 4.78 is 25.9. The number of hydrogen-bond acceptors (Lipinski definition) is 5. The lowest BCUT2D eigenvalue weighted by Gasteiger charge is -2.20. The van der Waals surface area contributed by atoms with Gasteiger partial charge in [0.15, 0.2) is 5.13 Å². The predicted octanol–water partition coefficient (Wildman–Crippen LogP) is 4.18. The van der Waals surface area contributed by atoms with Crippen LogP contribution in [0.5, 0.6) is 0 Å². The van der Waals surface area contributed by atoms with Crippen molar-refractivity contribution in [3.63, 3.8) is 0 Å². The van der Waals surface area contributed by atoms with Gasteiger partial charge in [-0.25, -0.2) is 13.4 Å². The summed E-state index contributed by atoms with van der Waals surface area (Å²) >= 11 is 1.38. The molecule has 0 bridgehead atoms. The molecule has 2 aromatic carbocycles. The minimum Gasteiger partial charge on any atom is -0.280 e. The highest BCUT2D eigenvalue weighted by molar-refractivity contribution is 7.93. The van der Waals surface area contributed by atoms with E-state index in [1.165, 1.54) is 15.6 Å². The standard InChI is InChI=1S/C22H21N3O3S2/c1-2-12-24(22-23-20(16-29-22)17-8-4-3-5-9-17)21(26)18-10-6-11-19(15-18)25-13-7-14-30(25,27)28/h2-6,8-11,15-16H,1,7,12-14H2. The largest absolute Gasteiger partial charge is 0.280 e. The zero-order valence-corrected chi connectivity index (χ0v) is 17.9. The van der Waals surface area contributed by atoms with E-state index in [1.54, 1.807) is 35.2 Å². The molecule has 0 unspecified atom stereocenters. The molecule has 154 valence electrons. The molecule has 0 spiro atoms. The Balaban J connectivity index is 1.64. The summed E-state index contributed by atoms with van der Waals surface area (Å²) in [5.74, 6) is -0.114. The molecule has 8 heteroatoms. The molecule has 1 amide bonds. The van der Waals surface area contributed by atoms with Crippen LogP contribution >= 0.6 is 11.3 Å². The minimum atomic E-state index is -3.31. The number of hydrogen-bond donors (Lipinski definition) is 0. The van der Waals surface area contributed by atoms with Crippen molar-refractivity contribution < 1.29 is 13.2 Å². The summed E-state index contributed by atoms with van der Waals surface area (Å²) in [5.41, 5.74) is 2.70. The smallest absolute Gasteiger partial charge is 0.260 e. The normalized spacial score (nSPS) is 15.1. The Morgan fingerprint density at radius 1 is 1.20 bits per heavy atom. The van der Waals surface area contributed by atoms with Crippen LogP contribution in [0, 0.1) is 0 Å². The quantitative estimate of drug-likeness (QED) is 0.540. The molecule has 4 rings (SSSR count). The van der Waals surface area contributed by atoms with Crippen molar-refractivity contribution in [1.29, 1.82) is 0 Å². The molecule has 1 aromatic heterocycles. The van der Waals surface area contributed by atoms with Crippen molar-refractivity contribution in [3.05, 3.63) is 78.2 Å². The molecule has 1 saturated heterocycles. The Labute approximate surface area is 180 Å². The van der Waals surface area contributed by atoms with Crippen LogP contribution in [0.1, 0.15) is 16.8 Å².